The van der Waals surface area contributed by atoms with Crippen molar-refractivity contribution in [2.24, 2.45) is 5.92 Å². The van der Waals surface area contributed by atoms with Crippen molar-refractivity contribution in [1.29, 1.82) is 0 Å². The lowest BCUT2D eigenvalue weighted by Crippen LogP contribution is -2.34. The van der Waals surface area contributed by atoms with Crippen LogP contribution in [0.5, 0.6) is 0 Å². The Hall–Kier alpha value is -2.01. The number of likely N-dealkylation sites (tertiary alicyclic amines) is 1. The van der Waals surface area contributed by atoms with Crippen LogP contribution >= 0.6 is 0 Å². The van der Waals surface area contributed by atoms with Crippen molar-refractivity contribution < 1.29 is 9.53 Å². The first kappa shape index (κ1) is 15.9. The molecule has 0 aromatic carbocycles. The molecule has 1 fully saturated rings. The third-order valence-electron chi connectivity index (χ3n) is 4.61. The van der Waals surface area contributed by atoms with Crippen LogP contribution in [-0.4, -0.2) is 47.6 Å². The number of hydrogen-bond acceptors (Lipinski definition) is 4. The molecule has 0 radical (unpaired) electrons. The van der Waals surface area contributed by atoms with Gasteiger partial charge in [-0.15, -0.1) is 0 Å². The summed E-state index contributed by atoms with van der Waals surface area (Å²) < 4.78 is 4.96. The molecule has 0 bridgehead atoms. The topological polar surface area (TPSA) is 55.3 Å². The molecule has 3 rings (SSSR count). The number of hydrogen-bond donors (Lipinski definition) is 0. The number of rotatable bonds is 4. The van der Waals surface area contributed by atoms with Crippen molar-refractivity contribution >= 4 is 16.8 Å². The number of methoxy groups -OCH3 is 1. The number of amides is 1. The van der Waals surface area contributed by atoms with Gasteiger partial charge in [-0.3, -0.25) is 14.8 Å². The van der Waals surface area contributed by atoms with E-state index in [9.17, 15) is 4.79 Å². The summed E-state index contributed by atoms with van der Waals surface area (Å²) in [6, 6.07) is 4.06. The zero-order valence-electron chi connectivity index (χ0n) is 13.6. The number of ether oxygens (including phenoxy) is 1. The number of nitrogens with zero attached hydrogens (tertiary/aromatic N) is 3. The second-order valence-electron chi connectivity index (χ2n) is 6.18. The van der Waals surface area contributed by atoms with Crippen LogP contribution in [0.1, 0.15) is 24.8 Å². The molecule has 0 aliphatic carbocycles. The summed E-state index contributed by atoms with van der Waals surface area (Å²) in [5.74, 6) is 0.702. The van der Waals surface area contributed by atoms with Gasteiger partial charge in [-0.1, -0.05) is 0 Å². The van der Waals surface area contributed by atoms with Gasteiger partial charge in [-0.2, -0.15) is 0 Å². The molecule has 3 heterocycles. The van der Waals surface area contributed by atoms with E-state index < -0.39 is 0 Å². The van der Waals surface area contributed by atoms with Gasteiger partial charge in [0.25, 0.3) is 0 Å². The predicted octanol–water partition coefficient (Wildman–Crippen LogP) is 2.45. The first-order valence-corrected chi connectivity index (χ1v) is 8.22. The lowest BCUT2D eigenvalue weighted by molar-refractivity contribution is -0.135. The Labute approximate surface area is 136 Å². The minimum absolute atomic E-state index is 0.103. The van der Waals surface area contributed by atoms with E-state index >= 15 is 0 Å². The predicted molar refractivity (Wildman–Crippen MR) is 89.0 cm³/mol. The molecular weight excluding hydrogens is 290 g/mol. The molecule has 1 aliphatic heterocycles. The quantitative estimate of drug-likeness (QED) is 0.870. The summed E-state index contributed by atoms with van der Waals surface area (Å²) in [4.78, 5) is 22.6. The minimum atomic E-state index is 0.103. The standard InChI is InChI=1S/C18H23N3O2/c1-23-13-18(22)21-9-2-3-14(6-10-21)11-15-4-8-20-17-5-7-19-12-16(15)17/h4-5,7-8,12,14H,2-3,6,9-11,13H2,1H3. The summed E-state index contributed by atoms with van der Waals surface area (Å²) in [6.45, 7) is 1.86. The van der Waals surface area contributed by atoms with Gasteiger partial charge in [-0.25, -0.2) is 0 Å². The van der Waals surface area contributed by atoms with Crippen molar-refractivity contribution in [3.05, 3.63) is 36.3 Å². The fraction of sp³-hybridized carbons (Fsp3) is 0.500. The minimum Gasteiger partial charge on any atom is -0.375 e. The van der Waals surface area contributed by atoms with Crippen LogP contribution in [-0.2, 0) is 16.0 Å². The highest BCUT2D eigenvalue weighted by atomic mass is 16.5. The maximum absolute atomic E-state index is 12.0. The maximum Gasteiger partial charge on any atom is 0.248 e. The maximum atomic E-state index is 12.0. The highest BCUT2D eigenvalue weighted by molar-refractivity contribution is 5.80. The number of carbonyl (C=O) groups excluding carboxylic acids is 1. The van der Waals surface area contributed by atoms with Gasteiger partial charge in [0.05, 0.1) is 5.52 Å². The Morgan fingerprint density at radius 2 is 2.22 bits per heavy atom. The average Bonchev–Trinajstić information content (AvgIpc) is 2.81. The summed E-state index contributed by atoms with van der Waals surface area (Å²) in [6.07, 6.45) is 9.84. The molecule has 0 N–H and O–H groups in total. The van der Waals surface area contributed by atoms with E-state index in [2.05, 4.69) is 16.0 Å². The molecule has 122 valence electrons. The molecule has 1 unspecified atom stereocenters. The summed E-state index contributed by atoms with van der Waals surface area (Å²) in [5.41, 5.74) is 2.31. The summed E-state index contributed by atoms with van der Waals surface area (Å²) in [5, 5.41) is 1.14. The number of fused-ring (bicyclic) bond motifs is 1. The van der Waals surface area contributed by atoms with Crippen LogP contribution in [0, 0.1) is 5.92 Å². The molecule has 1 aliphatic rings. The zero-order chi connectivity index (χ0) is 16.1. The molecule has 1 amide bonds. The monoisotopic (exact) mass is 313 g/mol. The fourth-order valence-electron chi connectivity index (χ4n) is 3.37. The van der Waals surface area contributed by atoms with E-state index in [0.29, 0.717) is 5.92 Å². The van der Waals surface area contributed by atoms with E-state index in [1.165, 1.54) is 5.56 Å². The lowest BCUT2D eigenvalue weighted by atomic mass is 9.92. The largest absolute Gasteiger partial charge is 0.375 e. The Morgan fingerprint density at radius 1 is 1.30 bits per heavy atom. The molecule has 1 atom stereocenters. The third kappa shape index (κ3) is 3.85. The molecule has 0 saturated carbocycles. The van der Waals surface area contributed by atoms with Crippen LogP contribution in [0.25, 0.3) is 10.9 Å². The van der Waals surface area contributed by atoms with E-state index in [-0.39, 0.29) is 12.5 Å². The van der Waals surface area contributed by atoms with E-state index in [4.69, 9.17) is 4.74 Å². The number of carbonyl (C=O) groups is 1. The fourth-order valence-corrected chi connectivity index (χ4v) is 3.37. The van der Waals surface area contributed by atoms with Crippen LogP contribution in [0.4, 0.5) is 0 Å². The number of pyridine rings is 2. The Balaban J connectivity index is 1.67. The van der Waals surface area contributed by atoms with Crippen molar-refractivity contribution in [1.82, 2.24) is 14.9 Å². The van der Waals surface area contributed by atoms with E-state index in [1.807, 2.05) is 23.4 Å². The molecule has 0 spiro atoms. The smallest absolute Gasteiger partial charge is 0.248 e. The Morgan fingerprint density at radius 3 is 3.09 bits per heavy atom. The van der Waals surface area contributed by atoms with E-state index in [0.717, 1.165) is 49.7 Å². The number of aromatic nitrogens is 2. The summed E-state index contributed by atoms with van der Waals surface area (Å²) >= 11 is 0. The Bertz CT molecular complexity index is 669. The Kier molecular flexibility index (Phi) is 5.18. The molecule has 2 aromatic heterocycles. The van der Waals surface area contributed by atoms with Gasteiger partial charge in [0.2, 0.25) is 5.91 Å². The van der Waals surface area contributed by atoms with Crippen LogP contribution in [0.15, 0.2) is 30.7 Å². The SMILES string of the molecule is COCC(=O)N1CCCC(Cc2ccnc3ccncc23)CC1. The normalized spacial score (nSPS) is 18.8. The van der Waals surface area contributed by atoms with Crippen LogP contribution in [0.3, 0.4) is 0 Å². The molecule has 2 aromatic rings. The first-order chi connectivity index (χ1) is 11.3. The molecule has 5 heteroatoms. The van der Waals surface area contributed by atoms with Gasteiger partial charge < -0.3 is 9.64 Å². The molecule has 5 nitrogen and oxygen atoms in total. The van der Waals surface area contributed by atoms with Crippen LogP contribution in [0.2, 0.25) is 0 Å². The average molecular weight is 313 g/mol. The highest BCUT2D eigenvalue weighted by Crippen LogP contribution is 2.25. The first-order valence-electron chi connectivity index (χ1n) is 8.22. The second-order valence-corrected chi connectivity index (χ2v) is 6.18. The highest BCUT2D eigenvalue weighted by Gasteiger charge is 2.21. The third-order valence-corrected chi connectivity index (χ3v) is 4.61. The zero-order valence-corrected chi connectivity index (χ0v) is 13.6. The van der Waals surface area contributed by atoms with Crippen molar-refractivity contribution in [2.75, 3.05) is 26.8 Å². The van der Waals surface area contributed by atoms with Gasteiger partial charge in [0.15, 0.2) is 0 Å². The van der Waals surface area contributed by atoms with Crippen molar-refractivity contribution in [3.63, 3.8) is 0 Å². The van der Waals surface area contributed by atoms with Gasteiger partial charge in [0, 0.05) is 44.2 Å². The lowest BCUT2D eigenvalue weighted by Gasteiger charge is -2.20. The van der Waals surface area contributed by atoms with Gasteiger partial charge in [-0.05, 0) is 49.3 Å². The van der Waals surface area contributed by atoms with Gasteiger partial charge >= 0.3 is 0 Å². The van der Waals surface area contributed by atoms with Crippen molar-refractivity contribution in [2.45, 2.75) is 25.7 Å². The van der Waals surface area contributed by atoms with Crippen LogP contribution < -0.4 is 0 Å². The second kappa shape index (κ2) is 7.51. The molecule has 1 saturated heterocycles. The van der Waals surface area contributed by atoms with Gasteiger partial charge in [0.1, 0.15) is 6.61 Å². The molecular formula is C18H23N3O2. The van der Waals surface area contributed by atoms with E-state index in [1.54, 1.807) is 13.3 Å². The summed E-state index contributed by atoms with van der Waals surface area (Å²) in [7, 11) is 1.57. The van der Waals surface area contributed by atoms with Crippen molar-refractivity contribution in [3.8, 4) is 0 Å². The molecule has 23 heavy (non-hydrogen) atoms.